The van der Waals surface area contributed by atoms with Crippen molar-refractivity contribution in [3.8, 4) is 0 Å². The number of Topliss-reactive ketones (excluding diaryl/α,β-unsaturated/α-hetero) is 1. The van der Waals surface area contributed by atoms with Gasteiger partial charge in [0.1, 0.15) is 12.0 Å². The number of amides is 2. The topological polar surface area (TPSA) is 95.9 Å². The zero-order valence-electron chi connectivity index (χ0n) is 22.4. The van der Waals surface area contributed by atoms with Gasteiger partial charge in [0, 0.05) is 18.8 Å². The van der Waals surface area contributed by atoms with E-state index in [0.29, 0.717) is 23.2 Å². The molecule has 2 unspecified atom stereocenters. The minimum atomic E-state index is -1.08. The van der Waals surface area contributed by atoms with Crippen LogP contribution in [0.25, 0.3) is 0 Å². The maximum atomic E-state index is 12.1. The summed E-state index contributed by atoms with van der Waals surface area (Å²) in [5.74, 6) is -1.12. The fourth-order valence-corrected chi connectivity index (χ4v) is 3.69. The first-order valence-corrected chi connectivity index (χ1v) is 13.0. The molecule has 1 fully saturated rings. The van der Waals surface area contributed by atoms with Gasteiger partial charge in [-0.2, -0.15) is 0 Å². The molecule has 2 amide bonds. The molecule has 1 saturated heterocycles. The summed E-state index contributed by atoms with van der Waals surface area (Å²) in [5, 5.41) is 11.2. The number of ketones is 1. The lowest BCUT2D eigenvalue weighted by Gasteiger charge is -2.14. The minimum Gasteiger partial charge on any atom is -0.382 e. The van der Waals surface area contributed by atoms with Gasteiger partial charge in [-0.15, -0.1) is 0 Å². The van der Waals surface area contributed by atoms with E-state index in [9.17, 15) is 19.5 Å². The van der Waals surface area contributed by atoms with Crippen LogP contribution in [0.3, 0.4) is 0 Å². The van der Waals surface area contributed by atoms with Gasteiger partial charge in [0.2, 0.25) is 0 Å². The molecule has 202 valence electrons. The molecule has 3 aromatic rings. The van der Waals surface area contributed by atoms with Crippen molar-refractivity contribution >= 4 is 23.3 Å². The average molecular weight is 519 g/mol. The van der Waals surface area contributed by atoms with E-state index >= 15 is 0 Å². The minimum absolute atomic E-state index is 0.144. The normalized spacial score (nSPS) is 14.9. The molecule has 1 aliphatic rings. The molecule has 2 N–H and O–H groups in total. The van der Waals surface area contributed by atoms with Crippen LogP contribution in [0.15, 0.2) is 91.0 Å². The quantitative estimate of drug-likeness (QED) is 0.287. The number of ether oxygens (including phenoxy) is 1. The van der Waals surface area contributed by atoms with Crippen molar-refractivity contribution in [3.05, 3.63) is 102 Å². The molecule has 0 bridgehead atoms. The van der Waals surface area contributed by atoms with Crippen molar-refractivity contribution in [3.63, 3.8) is 0 Å². The second-order valence-corrected chi connectivity index (χ2v) is 8.51. The third-order valence-electron chi connectivity index (χ3n) is 5.75. The molecule has 1 heterocycles. The maximum absolute atomic E-state index is 12.1. The number of aliphatic hydroxyl groups excluding tert-OH is 1. The molecule has 0 aromatic heterocycles. The zero-order valence-corrected chi connectivity index (χ0v) is 22.4. The number of carbonyl (C=O) groups is 3. The van der Waals surface area contributed by atoms with Gasteiger partial charge in [-0.25, -0.2) is 5.01 Å². The van der Waals surface area contributed by atoms with Crippen LogP contribution in [0, 0.1) is 5.92 Å². The third kappa shape index (κ3) is 9.25. The van der Waals surface area contributed by atoms with Crippen molar-refractivity contribution in [1.82, 2.24) is 5.43 Å². The van der Waals surface area contributed by atoms with Crippen molar-refractivity contribution in [2.24, 2.45) is 5.92 Å². The highest BCUT2D eigenvalue weighted by atomic mass is 16.5. The highest BCUT2D eigenvalue weighted by molar-refractivity contribution is 6.14. The van der Waals surface area contributed by atoms with Gasteiger partial charge in [-0.1, -0.05) is 98.6 Å². The van der Waals surface area contributed by atoms with E-state index in [1.54, 1.807) is 60.7 Å². The lowest BCUT2D eigenvalue weighted by molar-refractivity contribution is -0.127. The number of nitrogens with one attached hydrogen (secondary N) is 1. The van der Waals surface area contributed by atoms with Crippen molar-refractivity contribution in [2.75, 3.05) is 18.2 Å². The average Bonchev–Trinajstić information content (AvgIpc) is 3.26. The fourth-order valence-electron chi connectivity index (χ4n) is 3.69. The zero-order chi connectivity index (χ0) is 27.8. The number of hydrogen-bond acceptors (Lipinski definition) is 5. The number of nitrogens with zero attached hydrogens (tertiary/aromatic N) is 1. The van der Waals surface area contributed by atoms with E-state index in [2.05, 4.69) is 5.43 Å². The van der Waals surface area contributed by atoms with Crippen LogP contribution >= 0.6 is 0 Å². The van der Waals surface area contributed by atoms with Crippen LogP contribution < -0.4 is 10.4 Å². The van der Waals surface area contributed by atoms with Crippen molar-refractivity contribution in [2.45, 2.75) is 46.1 Å². The Balaban J connectivity index is 0.000000228. The summed E-state index contributed by atoms with van der Waals surface area (Å²) in [5.41, 5.74) is 4.48. The first-order chi connectivity index (χ1) is 18.4. The summed E-state index contributed by atoms with van der Waals surface area (Å²) in [6, 6.07) is 26.9. The first kappa shape index (κ1) is 30.4. The fraction of sp³-hybridized carbons (Fsp3) is 0.323. The molecule has 0 aliphatic carbocycles. The standard InChI is InChI=1S/C14H12O2.C13H16N2O2.C4H10O/c15-13(11-7-3-1-4-8-11)14(16)12-9-5-2-6-10-12;1-2-3-9-11-12(16)14-15(13(11)17)10-7-5-4-6-8-10;1-3-5-4-2/h1-10,13,15H;4-8,11H,2-3,9H2,1H3,(H,14,16);3-4H2,1-2H3. The number of hydrazine groups is 1. The van der Waals surface area contributed by atoms with E-state index < -0.39 is 12.0 Å². The molecule has 7 nitrogen and oxygen atoms in total. The maximum Gasteiger partial charge on any atom is 0.258 e. The Kier molecular flexibility index (Phi) is 13.5. The molecule has 0 spiro atoms. The predicted molar refractivity (Wildman–Crippen MR) is 149 cm³/mol. The molecule has 38 heavy (non-hydrogen) atoms. The Labute approximate surface area is 225 Å². The summed E-state index contributed by atoms with van der Waals surface area (Å²) < 4.78 is 4.83. The molecule has 1 aliphatic heterocycles. The lowest BCUT2D eigenvalue weighted by atomic mass is 10.0. The predicted octanol–water partition coefficient (Wildman–Crippen LogP) is 5.52. The largest absolute Gasteiger partial charge is 0.382 e. The first-order valence-electron chi connectivity index (χ1n) is 13.0. The van der Waals surface area contributed by atoms with E-state index in [-0.39, 0.29) is 17.6 Å². The summed E-state index contributed by atoms with van der Waals surface area (Å²) in [7, 11) is 0. The van der Waals surface area contributed by atoms with Gasteiger partial charge in [-0.05, 0) is 38.0 Å². The van der Waals surface area contributed by atoms with Crippen LogP contribution in [0.2, 0.25) is 0 Å². The lowest BCUT2D eigenvalue weighted by Crippen LogP contribution is -2.35. The molecule has 7 heteroatoms. The number of anilines is 1. The van der Waals surface area contributed by atoms with E-state index in [4.69, 9.17) is 4.74 Å². The number of aliphatic hydroxyl groups is 1. The summed E-state index contributed by atoms with van der Waals surface area (Å²) in [6.45, 7) is 7.71. The van der Waals surface area contributed by atoms with E-state index in [1.165, 1.54) is 5.01 Å². The van der Waals surface area contributed by atoms with Gasteiger partial charge >= 0.3 is 0 Å². The van der Waals surface area contributed by atoms with Gasteiger partial charge in [0.05, 0.1) is 5.69 Å². The Morgan fingerprint density at radius 1 is 0.868 bits per heavy atom. The number of benzene rings is 3. The number of hydrogen-bond donors (Lipinski definition) is 2. The molecule has 2 atom stereocenters. The van der Waals surface area contributed by atoms with E-state index in [0.717, 1.165) is 26.1 Å². The van der Waals surface area contributed by atoms with Crippen LogP contribution in [-0.2, 0) is 14.3 Å². The SMILES string of the molecule is CCCCC1C(=O)NN(c2ccccc2)C1=O.CCOCC.O=C(c1ccccc1)C(O)c1ccccc1. The second-order valence-electron chi connectivity index (χ2n) is 8.51. The molecule has 0 radical (unpaired) electrons. The third-order valence-corrected chi connectivity index (χ3v) is 5.75. The summed E-state index contributed by atoms with van der Waals surface area (Å²) in [4.78, 5) is 35.7. The molecule has 4 rings (SSSR count). The summed E-state index contributed by atoms with van der Waals surface area (Å²) >= 11 is 0. The molecular weight excluding hydrogens is 480 g/mol. The number of unbranched alkanes of at least 4 members (excludes halogenated alkanes) is 1. The summed E-state index contributed by atoms with van der Waals surface area (Å²) in [6.07, 6.45) is 1.43. The number of carbonyl (C=O) groups excluding carboxylic acids is 3. The number of rotatable bonds is 9. The highest BCUT2D eigenvalue weighted by Gasteiger charge is 2.39. The van der Waals surface area contributed by atoms with Crippen LogP contribution in [0.5, 0.6) is 0 Å². The van der Waals surface area contributed by atoms with E-state index in [1.807, 2.05) is 51.1 Å². The van der Waals surface area contributed by atoms with Gasteiger partial charge in [0.15, 0.2) is 5.78 Å². The monoisotopic (exact) mass is 518 g/mol. The smallest absolute Gasteiger partial charge is 0.258 e. The molecule has 0 saturated carbocycles. The van der Waals surface area contributed by atoms with Gasteiger partial charge in [0.25, 0.3) is 11.8 Å². The molecule has 3 aromatic carbocycles. The second kappa shape index (κ2) is 16.8. The Morgan fingerprint density at radius 2 is 1.39 bits per heavy atom. The Morgan fingerprint density at radius 3 is 1.89 bits per heavy atom. The van der Waals surface area contributed by atoms with Crippen LogP contribution in [0.4, 0.5) is 5.69 Å². The highest BCUT2D eigenvalue weighted by Crippen LogP contribution is 2.23. The van der Waals surface area contributed by atoms with Gasteiger partial charge < -0.3 is 9.84 Å². The van der Waals surface area contributed by atoms with Gasteiger partial charge in [-0.3, -0.25) is 19.8 Å². The number of para-hydroxylation sites is 1. The molecular formula is C31H38N2O5. The Bertz CT molecular complexity index is 1100. The van der Waals surface area contributed by atoms with Crippen molar-refractivity contribution < 1.29 is 24.2 Å². The van der Waals surface area contributed by atoms with Crippen LogP contribution in [-0.4, -0.2) is 35.9 Å². The van der Waals surface area contributed by atoms with Crippen molar-refractivity contribution in [1.29, 1.82) is 0 Å². The Hall–Kier alpha value is -3.81. The van der Waals surface area contributed by atoms with Crippen LogP contribution in [0.1, 0.15) is 62.1 Å².